The first kappa shape index (κ1) is 17.6. The average Bonchev–Trinajstić information content (AvgIpc) is 3.04. The lowest BCUT2D eigenvalue weighted by atomic mass is 10.1. The molecule has 0 spiro atoms. The Morgan fingerprint density at radius 3 is 2.43 bits per heavy atom. The molecule has 4 rings (SSSR count). The van der Waals surface area contributed by atoms with Gasteiger partial charge in [0.25, 0.3) is 5.56 Å². The fourth-order valence-corrected chi connectivity index (χ4v) is 3.70. The minimum absolute atomic E-state index is 0.0966. The number of nitrogens with zero attached hydrogens (tertiary/aromatic N) is 4. The van der Waals surface area contributed by atoms with Gasteiger partial charge >= 0.3 is 5.69 Å². The molecule has 7 nitrogen and oxygen atoms in total. The molecule has 0 bridgehead atoms. The second-order valence-electron chi connectivity index (χ2n) is 6.66. The number of benzene rings is 2. The van der Waals surface area contributed by atoms with Gasteiger partial charge in [-0.25, -0.2) is 4.79 Å². The van der Waals surface area contributed by atoms with Gasteiger partial charge in [0.1, 0.15) is 11.9 Å². The van der Waals surface area contributed by atoms with Crippen molar-refractivity contribution in [1.29, 1.82) is 5.26 Å². The quantitative estimate of drug-likeness (QED) is 0.598. The molecular formula is C21H19N5O2. The van der Waals surface area contributed by atoms with E-state index in [0.717, 1.165) is 32.9 Å². The van der Waals surface area contributed by atoms with Crippen LogP contribution in [0.3, 0.4) is 0 Å². The van der Waals surface area contributed by atoms with Crippen molar-refractivity contribution in [2.75, 3.05) is 5.32 Å². The van der Waals surface area contributed by atoms with E-state index in [1.54, 1.807) is 0 Å². The van der Waals surface area contributed by atoms with Gasteiger partial charge in [-0.1, -0.05) is 18.2 Å². The summed E-state index contributed by atoms with van der Waals surface area (Å²) in [6.07, 6.45) is 0. The highest BCUT2D eigenvalue weighted by atomic mass is 16.2. The Balaban J connectivity index is 1.94. The van der Waals surface area contributed by atoms with E-state index in [4.69, 9.17) is 0 Å². The largest absolute Gasteiger partial charge is 0.341 e. The summed E-state index contributed by atoms with van der Waals surface area (Å²) in [5, 5.41) is 14.7. The van der Waals surface area contributed by atoms with Gasteiger partial charge in [-0.3, -0.25) is 13.9 Å². The topological polar surface area (TPSA) is 84.8 Å². The molecule has 7 heteroatoms. The predicted octanol–water partition coefficient (Wildman–Crippen LogP) is 2.83. The molecule has 0 aliphatic rings. The standard InChI is InChI=1S/C21H19N5O2/c1-4-26-17-8-6-5-7-14(17)15-11-13(9-10-18(15)26)23-19-16(12-22)20(27)25(3)21(28)24(19)2/h5-11,23H,4H2,1-3H3. The maximum Gasteiger partial charge on any atom is 0.332 e. The van der Waals surface area contributed by atoms with E-state index in [9.17, 15) is 14.9 Å². The van der Waals surface area contributed by atoms with Crippen LogP contribution in [0.4, 0.5) is 11.5 Å². The van der Waals surface area contributed by atoms with Gasteiger partial charge in [0, 0.05) is 48.1 Å². The third-order valence-corrected chi connectivity index (χ3v) is 5.13. The average molecular weight is 373 g/mol. The van der Waals surface area contributed by atoms with Gasteiger partial charge in [0.05, 0.1) is 0 Å². The third kappa shape index (κ3) is 2.42. The molecule has 140 valence electrons. The van der Waals surface area contributed by atoms with Crippen LogP contribution in [0.25, 0.3) is 21.8 Å². The molecule has 0 saturated carbocycles. The first-order valence-corrected chi connectivity index (χ1v) is 8.96. The Bertz CT molecular complexity index is 1400. The first-order valence-electron chi connectivity index (χ1n) is 8.96. The number of hydrogen-bond donors (Lipinski definition) is 1. The number of para-hydroxylation sites is 1. The monoisotopic (exact) mass is 373 g/mol. The number of nitrogens with one attached hydrogen (secondary N) is 1. The Kier molecular flexibility index (Phi) is 4.04. The molecule has 0 aliphatic heterocycles. The summed E-state index contributed by atoms with van der Waals surface area (Å²) >= 11 is 0. The van der Waals surface area contributed by atoms with E-state index in [-0.39, 0.29) is 11.4 Å². The van der Waals surface area contributed by atoms with Gasteiger partial charge < -0.3 is 9.88 Å². The number of anilines is 2. The summed E-state index contributed by atoms with van der Waals surface area (Å²) in [7, 11) is 2.90. The first-order chi connectivity index (χ1) is 13.5. The van der Waals surface area contributed by atoms with Crippen molar-refractivity contribution in [1.82, 2.24) is 13.7 Å². The molecule has 0 fully saturated rings. The zero-order chi connectivity index (χ0) is 20.0. The molecule has 0 radical (unpaired) electrons. The summed E-state index contributed by atoms with van der Waals surface area (Å²) in [4.78, 5) is 24.6. The highest BCUT2D eigenvalue weighted by Crippen LogP contribution is 2.31. The van der Waals surface area contributed by atoms with E-state index in [1.165, 1.54) is 18.7 Å². The molecule has 0 atom stereocenters. The number of nitriles is 1. The van der Waals surface area contributed by atoms with Gasteiger partial charge in [-0.05, 0) is 31.2 Å². The highest BCUT2D eigenvalue weighted by Gasteiger charge is 2.16. The lowest BCUT2D eigenvalue weighted by Gasteiger charge is -2.14. The normalized spacial score (nSPS) is 11.1. The van der Waals surface area contributed by atoms with E-state index in [0.29, 0.717) is 5.69 Å². The molecule has 1 N–H and O–H groups in total. The fourth-order valence-electron chi connectivity index (χ4n) is 3.70. The van der Waals surface area contributed by atoms with Gasteiger partial charge in [0.2, 0.25) is 0 Å². The molecule has 2 heterocycles. The Morgan fingerprint density at radius 2 is 1.71 bits per heavy atom. The SMILES string of the molecule is CCn1c2ccccc2c2cc(Nc3c(C#N)c(=O)n(C)c(=O)n3C)ccc21. The maximum atomic E-state index is 12.3. The fraction of sp³-hybridized carbons (Fsp3) is 0.190. The highest BCUT2D eigenvalue weighted by molar-refractivity contribution is 6.09. The van der Waals surface area contributed by atoms with E-state index >= 15 is 0 Å². The van der Waals surface area contributed by atoms with Crippen LogP contribution in [0, 0.1) is 11.3 Å². The zero-order valence-corrected chi connectivity index (χ0v) is 15.9. The van der Waals surface area contributed by atoms with Crippen LogP contribution in [-0.4, -0.2) is 13.7 Å². The van der Waals surface area contributed by atoms with Crippen molar-refractivity contribution in [2.45, 2.75) is 13.5 Å². The second kappa shape index (κ2) is 6.43. The van der Waals surface area contributed by atoms with Crippen molar-refractivity contribution in [3.63, 3.8) is 0 Å². The van der Waals surface area contributed by atoms with Gasteiger partial charge in [0.15, 0.2) is 5.56 Å². The molecule has 2 aromatic heterocycles. The van der Waals surface area contributed by atoms with Crippen molar-refractivity contribution in [2.24, 2.45) is 14.1 Å². The molecule has 2 aromatic carbocycles. The van der Waals surface area contributed by atoms with Crippen molar-refractivity contribution in [3.8, 4) is 6.07 Å². The van der Waals surface area contributed by atoms with E-state index in [2.05, 4.69) is 28.9 Å². The molecular weight excluding hydrogens is 354 g/mol. The number of fused-ring (bicyclic) bond motifs is 3. The summed E-state index contributed by atoms with van der Waals surface area (Å²) in [5.41, 5.74) is 1.75. The van der Waals surface area contributed by atoms with Crippen molar-refractivity contribution >= 4 is 33.3 Å². The lowest BCUT2D eigenvalue weighted by molar-refractivity contribution is 0.689. The minimum Gasteiger partial charge on any atom is -0.341 e. The van der Waals surface area contributed by atoms with Gasteiger partial charge in [-0.15, -0.1) is 0 Å². The Labute approximate surface area is 160 Å². The number of aryl methyl sites for hydroxylation is 1. The molecule has 0 saturated heterocycles. The summed E-state index contributed by atoms with van der Waals surface area (Å²) in [6, 6.07) is 16.0. The molecule has 0 aliphatic carbocycles. The molecule has 0 amide bonds. The van der Waals surface area contributed by atoms with Gasteiger partial charge in [-0.2, -0.15) is 5.26 Å². The Morgan fingerprint density at radius 1 is 1.00 bits per heavy atom. The third-order valence-electron chi connectivity index (χ3n) is 5.13. The molecule has 0 unspecified atom stereocenters. The number of aromatic nitrogens is 3. The predicted molar refractivity (Wildman–Crippen MR) is 110 cm³/mol. The number of rotatable bonds is 3. The number of hydrogen-bond acceptors (Lipinski definition) is 4. The second-order valence-corrected chi connectivity index (χ2v) is 6.66. The van der Waals surface area contributed by atoms with E-state index in [1.807, 2.05) is 36.4 Å². The van der Waals surface area contributed by atoms with E-state index < -0.39 is 11.2 Å². The minimum atomic E-state index is -0.614. The van der Waals surface area contributed by atoms with Crippen molar-refractivity contribution < 1.29 is 0 Å². The van der Waals surface area contributed by atoms with Crippen LogP contribution in [0.2, 0.25) is 0 Å². The summed E-state index contributed by atoms with van der Waals surface area (Å²) in [6.45, 7) is 2.95. The van der Waals surface area contributed by atoms with Crippen molar-refractivity contribution in [3.05, 3.63) is 68.9 Å². The van der Waals surface area contributed by atoms with Crippen LogP contribution in [0.15, 0.2) is 52.1 Å². The smallest absolute Gasteiger partial charge is 0.332 e. The molecule has 4 aromatic rings. The lowest BCUT2D eigenvalue weighted by Crippen LogP contribution is -2.39. The molecule has 28 heavy (non-hydrogen) atoms. The van der Waals surface area contributed by atoms with Crippen LogP contribution in [0.1, 0.15) is 12.5 Å². The maximum absolute atomic E-state index is 12.3. The Hall–Kier alpha value is -3.79. The zero-order valence-electron chi connectivity index (χ0n) is 15.9. The van der Waals surface area contributed by atoms with Crippen LogP contribution >= 0.6 is 0 Å². The van der Waals surface area contributed by atoms with Crippen LogP contribution in [-0.2, 0) is 20.6 Å². The van der Waals surface area contributed by atoms with Crippen LogP contribution < -0.4 is 16.6 Å². The van der Waals surface area contributed by atoms with Crippen LogP contribution in [0.5, 0.6) is 0 Å². The summed E-state index contributed by atoms with van der Waals surface area (Å²) in [5.74, 6) is 0.189. The summed E-state index contributed by atoms with van der Waals surface area (Å²) < 4.78 is 4.45.